The van der Waals surface area contributed by atoms with E-state index >= 15 is 0 Å². The Balaban J connectivity index is 1.47. The smallest absolute Gasteiger partial charge is 0.390 e. The summed E-state index contributed by atoms with van der Waals surface area (Å²) >= 11 is 6.34. The first-order chi connectivity index (χ1) is 19.9. The van der Waals surface area contributed by atoms with E-state index in [-0.39, 0.29) is 6.54 Å². The number of piperazine rings is 1. The van der Waals surface area contributed by atoms with E-state index in [1.165, 1.54) is 0 Å². The maximum Gasteiger partial charge on any atom is 0.390 e. The topological polar surface area (TPSA) is 95.8 Å². The number of hydrogen-bond donors (Lipinski definition) is 3. The fourth-order valence-electron chi connectivity index (χ4n) is 5.28. The van der Waals surface area contributed by atoms with Crippen molar-refractivity contribution in [2.75, 3.05) is 55.6 Å². The van der Waals surface area contributed by atoms with Crippen molar-refractivity contribution in [3.8, 4) is 11.1 Å². The molecule has 4 rings (SSSR count). The first-order valence-electron chi connectivity index (χ1n) is 13.5. The molecule has 14 heteroatoms. The van der Waals surface area contributed by atoms with Gasteiger partial charge in [-0.1, -0.05) is 17.7 Å². The van der Waals surface area contributed by atoms with E-state index in [0.29, 0.717) is 63.3 Å². The van der Waals surface area contributed by atoms with Gasteiger partial charge in [0.15, 0.2) is 0 Å². The van der Waals surface area contributed by atoms with Crippen molar-refractivity contribution >= 4 is 35.3 Å². The van der Waals surface area contributed by atoms with Gasteiger partial charge in [0, 0.05) is 86.1 Å². The predicted octanol–water partition coefficient (Wildman–Crippen LogP) is 5.29. The lowest BCUT2D eigenvalue weighted by molar-refractivity contribution is -0.138. The molecule has 2 aliphatic heterocycles. The average Bonchev–Trinajstić information content (AvgIpc) is 2.96. The lowest BCUT2D eigenvalue weighted by Gasteiger charge is -2.37. The number of nitrogens with zero attached hydrogens (tertiary/aromatic N) is 4. The van der Waals surface area contributed by atoms with Crippen molar-refractivity contribution in [1.29, 1.82) is 5.41 Å². The number of piperidine rings is 1. The molecule has 228 valence electrons. The van der Waals surface area contributed by atoms with Crippen molar-refractivity contribution in [1.82, 2.24) is 15.2 Å². The summed E-state index contributed by atoms with van der Waals surface area (Å²) in [6.45, 7) is 3.07. The molecule has 3 N–H and O–H groups in total. The second-order valence-corrected chi connectivity index (χ2v) is 10.7. The van der Waals surface area contributed by atoms with E-state index < -0.39 is 42.3 Å². The summed E-state index contributed by atoms with van der Waals surface area (Å²) in [5.74, 6) is -0.879. The molecule has 0 radical (unpaired) electrons. The number of rotatable bonds is 10. The van der Waals surface area contributed by atoms with E-state index in [9.17, 15) is 31.9 Å². The number of carboxylic acid groups (broad SMARTS) is 1. The second kappa shape index (κ2) is 13.7. The molecule has 2 aliphatic rings. The minimum absolute atomic E-state index is 0.0148. The van der Waals surface area contributed by atoms with Crippen LogP contribution in [-0.4, -0.2) is 91.6 Å². The van der Waals surface area contributed by atoms with Crippen LogP contribution in [0.15, 0.2) is 47.8 Å². The molecule has 3 heterocycles. The molecular formula is C28H32ClF5N6O2. The molecule has 0 spiro atoms. The molecule has 8 nitrogen and oxygen atoms in total. The molecule has 42 heavy (non-hydrogen) atoms. The molecule has 0 bridgehead atoms. The molecule has 2 fully saturated rings. The number of anilines is 2. The van der Waals surface area contributed by atoms with Crippen LogP contribution in [0.2, 0.25) is 5.02 Å². The zero-order valence-corrected chi connectivity index (χ0v) is 23.4. The molecule has 1 unspecified atom stereocenters. The van der Waals surface area contributed by atoms with Gasteiger partial charge in [-0.2, -0.15) is 13.2 Å². The Bertz CT molecular complexity index is 1280. The van der Waals surface area contributed by atoms with Crippen LogP contribution in [0.3, 0.4) is 0 Å². The highest BCUT2D eigenvalue weighted by Crippen LogP contribution is 2.35. The van der Waals surface area contributed by atoms with E-state index in [4.69, 9.17) is 17.0 Å². The summed E-state index contributed by atoms with van der Waals surface area (Å²) in [4.78, 5) is 21.8. The summed E-state index contributed by atoms with van der Waals surface area (Å²) in [6, 6.07) is 8.67. The van der Waals surface area contributed by atoms with E-state index in [2.05, 4.69) is 10.3 Å². The van der Waals surface area contributed by atoms with Crippen molar-refractivity contribution in [3.05, 3.63) is 52.8 Å². The fraction of sp³-hybridized carbons (Fsp3) is 0.464. The number of benzene rings is 1. The van der Waals surface area contributed by atoms with Crippen LogP contribution < -0.4 is 15.1 Å². The Morgan fingerprint density at radius 2 is 1.88 bits per heavy atom. The van der Waals surface area contributed by atoms with Crippen LogP contribution >= 0.6 is 11.6 Å². The van der Waals surface area contributed by atoms with Crippen molar-refractivity contribution in [2.45, 2.75) is 37.9 Å². The van der Waals surface area contributed by atoms with Crippen LogP contribution in [0.4, 0.5) is 33.5 Å². The number of aliphatic carboxylic acids is 1. The molecule has 0 saturated carbocycles. The Kier molecular flexibility index (Phi) is 10.3. The van der Waals surface area contributed by atoms with Gasteiger partial charge in [-0.25, -0.2) is 18.6 Å². The Morgan fingerprint density at radius 1 is 1.14 bits per heavy atom. The quantitative estimate of drug-likeness (QED) is 0.190. The van der Waals surface area contributed by atoms with Gasteiger partial charge >= 0.3 is 12.1 Å². The van der Waals surface area contributed by atoms with Crippen LogP contribution in [0, 0.1) is 5.41 Å². The normalized spacial score (nSPS) is 19.1. The second-order valence-electron chi connectivity index (χ2n) is 10.3. The summed E-state index contributed by atoms with van der Waals surface area (Å²) in [7, 11) is 0. The van der Waals surface area contributed by atoms with Crippen LogP contribution in [0.25, 0.3) is 11.1 Å². The Morgan fingerprint density at radius 3 is 2.48 bits per heavy atom. The summed E-state index contributed by atoms with van der Waals surface area (Å²) < 4.78 is 65.1. The van der Waals surface area contributed by atoms with Gasteiger partial charge in [-0.15, -0.1) is 0 Å². The van der Waals surface area contributed by atoms with Gasteiger partial charge in [-0.05, 0) is 37.1 Å². The predicted molar refractivity (Wildman–Crippen MR) is 152 cm³/mol. The number of aromatic nitrogens is 1. The molecular weight excluding hydrogens is 583 g/mol. The SMILES string of the molecule is N=C/C(C(=O)O)=C(\NC1CCCN(c2cc(Cl)ccc2-c2ccc(N3CCN(CCC(F)(F)F)CC3)nc2)C1)C(F)F. The van der Waals surface area contributed by atoms with Crippen LogP contribution in [0.5, 0.6) is 0 Å². The third kappa shape index (κ3) is 8.09. The largest absolute Gasteiger partial charge is 0.478 e. The van der Waals surface area contributed by atoms with E-state index in [0.717, 1.165) is 22.6 Å². The van der Waals surface area contributed by atoms with Gasteiger partial charge in [-0.3, -0.25) is 4.90 Å². The minimum atomic E-state index is -4.17. The maximum absolute atomic E-state index is 13.7. The number of halogens is 6. The highest BCUT2D eigenvalue weighted by atomic mass is 35.5. The lowest BCUT2D eigenvalue weighted by atomic mass is 10.00. The zero-order valence-electron chi connectivity index (χ0n) is 22.7. The maximum atomic E-state index is 13.7. The van der Waals surface area contributed by atoms with Gasteiger partial charge in [0.1, 0.15) is 11.4 Å². The number of carbonyl (C=O) groups is 1. The summed E-state index contributed by atoms with van der Waals surface area (Å²) in [5, 5.41) is 19.7. The summed E-state index contributed by atoms with van der Waals surface area (Å²) in [6.07, 6.45) is -4.75. The van der Waals surface area contributed by atoms with Crippen molar-refractivity contribution < 1.29 is 31.9 Å². The molecule has 0 amide bonds. The van der Waals surface area contributed by atoms with Crippen LogP contribution in [-0.2, 0) is 4.79 Å². The van der Waals surface area contributed by atoms with Gasteiger partial charge < -0.3 is 25.6 Å². The number of alkyl halides is 5. The fourth-order valence-corrected chi connectivity index (χ4v) is 5.44. The third-order valence-electron chi connectivity index (χ3n) is 7.43. The molecule has 2 saturated heterocycles. The monoisotopic (exact) mass is 614 g/mol. The van der Waals surface area contributed by atoms with Gasteiger partial charge in [0.25, 0.3) is 6.43 Å². The van der Waals surface area contributed by atoms with E-state index in [1.54, 1.807) is 23.2 Å². The molecule has 1 aromatic carbocycles. The number of carboxylic acids is 1. The van der Waals surface area contributed by atoms with Crippen molar-refractivity contribution in [2.24, 2.45) is 0 Å². The van der Waals surface area contributed by atoms with Crippen molar-refractivity contribution in [3.63, 3.8) is 0 Å². The van der Waals surface area contributed by atoms with Crippen LogP contribution in [0.1, 0.15) is 19.3 Å². The molecule has 1 aromatic heterocycles. The van der Waals surface area contributed by atoms with Gasteiger partial charge in [0.2, 0.25) is 0 Å². The standard InChI is InChI=1S/C28H32ClF5N6O2/c29-19-4-5-21(18-3-6-24(36-16-18)39-12-10-38(11-13-39)9-7-28(32,33)34)23(14-19)40-8-1-2-20(17-40)37-25(26(30)31)22(15-35)27(41)42/h3-6,14-16,20,26,35,37H,1-2,7-13,17H2,(H,41,42)/b25-22+,35-15?. The average molecular weight is 615 g/mol. The van der Waals surface area contributed by atoms with Gasteiger partial charge in [0.05, 0.1) is 12.1 Å². The zero-order chi connectivity index (χ0) is 30.4. The lowest BCUT2D eigenvalue weighted by Crippen LogP contribution is -2.47. The molecule has 1 atom stereocenters. The summed E-state index contributed by atoms with van der Waals surface area (Å²) in [5.41, 5.74) is 0.840. The third-order valence-corrected chi connectivity index (χ3v) is 7.67. The number of pyridine rings is 1. The molecule has 2 aromatic rings. The Hall–Kier alpha value is -3.45. The minimum Gasteiger partial charge on any atom is -0.478 e. The highest BCUT2D eigenvalue weighted by molar-refractivity contribution is 6.31. The number of nitrogens with one attached hydrogen (secondary N) is 2. The highest BCUT2D eigenvalue weighted by Gasteiger charge is 2.30. The number of allylic oxidation sites excluding steroid dienone is 1. The molecule has 0 aliphatic carbocycles. The number of hydrogen-bond acceptors (Lipinski definition) is 7. The Labute approximate surface area is 245 Å². The van der Waals surface area contributed by atoms with E-state index in [1.807, 2.05) is 28.0 Å². The first kappa shape index (κ1) is 31.5. The first-order valence-corrected chi connectivity index (χ1v) is 13.9.